The molecule has 0 aliphatic heterocycles. The van der Waals surface area contributed by atoms with E-state index in [-0.39, 0.29) is 11.2 Å². The summed E-state index contributed by atoms with van der Waals surface area (Å²) in [6.45, 7) is 13.6. The van der Waals surface area contributed by atoms with Gasteiger partial charge in [0.05, 0.1) is 24.4 Å². The molecule has 0 spiro atoms. The molecule has 0 N–H and O–H groups in total. The third-order valence-electron chi connectivity index (χ3n) is 1.61. The van der Waals surface area contributed by atoms with Crippen molar-refractivity contribution in [3.05, 3.63) is 24.3 Å². The first-order chi connectivity index (χ1) is 7.21. The molecule has 0 aromatic carbocycles. The summed E-state index contributed by atoms with van der Waals surface area (Å²) >= 11 is 0. The van der Waals surface area contributed by atoms with Crippen molar-refractivity contribution in [2.75, 3.05) is 13.2 Å². The molecule has 0 aromatic heterocycles. The van der Waals surface area contributed by atoms with Crippen molar-refractivity contribution in [3.63, 3.8) is 0 Å². The second kappa shape index (κ2) is 6.87. The molecule has 0 aliphatic rings. The second-order valence-electron chi connectivity index (χ2n) is 5.70. The lowest BCUT2D eigenvalue weighted by atomic mass is 10.2. The summed E-state index contributed by atoms with van der Waals surface area (Å²) < 4.78 is 11.1. The molecule has 0 aromatic rings. The molecule has 0 radical (unpaired) electrons. The minimum atomic E-state index is -0.0661. The lowest BCUT2D eigenvalue weighted by Gasteiger charge is -2.18. The van der Waals surface area contributed by atoms with E-state index < -0.39 is 0 Å². The van der Waals surface area contributed by atoms with E-state index in [0.29, 0.717) is 13.2 Å². The minimum absolute atomic E-state index is 0.0661. The van der Waals surface area contributed by atoms with E-state index in [9.17, 15) is 0 Å². The van der Waals surface area contributed by atoms with Gasteiger partial charge < -0.3 is 9.47 Å². The Hall–Kier alpha value is -0.600. The van der Waals surface area contributed by atoms with E-state index in [4.69, 9.17) is 9.47 Å². The van der Waals surface area contributed by atoms with Crippen LogP contribution >= 0.6 is 0 Å². The summed E-state index contributed by atoms with van der Waals surface area (Å²) in [5.41, 5.74) is -0.132. The molecule has 16 heavy (non-hydrogen) atoms. The number of allylic oxidation sites excluding steroid dienone is 2. The topological polar surface area (TPSA) is 18.5 Å². The fourth-order valence-corrected chi connectivity index (χ4v) is 0.864. The van der Waals surface area contributed by atoms with Gasteiger partial charge in [0.25, 0.3) is 0 Å². The number of ether oxygens (including phenoxy) is 2. The van der Waals surface area contributed by atoms with Crippen molar-refractivity contribution in [1.82, 2.24) is 0 Å². The Kier molecular flexibility index (Phi) is 6.61. The van der Waals surface area contributed by atoms with Crippen molar-refractivity contribution in [2.45, 2.75) is 52.7 Å². The van der Waals surface area contributed by atoms with E-state index in [2.05, 4.69) is 0 Å². The maximum absolute atomic E-state index is 5.54. The highest BCUT2D eigenvalue weighted by molar-refractivity contribution is 5.02. The number of hydrogen-bond donors (Lipinski definition) is 0. The molecular formula is C14H26O2. The fraction of sp³-hybridized carbons (Fsp3) is 0.714. The third-order valence-corrected chi connectivity index (χ3v) is 1.61. The van der Waals surface area contributed by atoms with Crippen LogP contribution in [0.3, 0.4) is 0 Å². The van der Waals surface area contributed by atoms with Crippen molar-refractivity contribution >= 4 is 0 Å². The lowest BCUT2D eigenvalue weighted by Crippen LogP contribution is -2.19. The Balaban J connectivity index is 3.57. The van der Waals surface area contributed by atoms with E-state index in [1.165, 1.54) is 0 Å². The molecule has 94 valence electrons. The van der Waals surface area contributed by atoms with Crippen LogP contribution in [0, 0.1) is 0 Å². The van der Waals surface area contributed by atoms with E-state index in [1.807, 2.05) is 65.8 Å². The summed E-state index contributed by atoms with van der Waals surface area (Å²) in [6.07, 6.45) is 7.97. The zero-order chi connectivity index (χ0) is 12.7. The molecule has 0 saturated carbocycles. The van der Waals surface area contributed by atoms with Crippen molar-refractivity contribution in [3.8, 4) is 0 Å². The number of rotatable bonds is 5. The highest BCUT2D eigenvalue weighted by Gasteiger charge is 2.08. The molecule has 0 heterocycles. The molecule has 0 amide bonds. The van der Waals surface area contributed by atoms with Crippen LogP contribution in [0.15, 0.2) is 24.3 Å². The molecule has 0 saturated heterocycles. The smallest absolute Gasteiger partial charge is 0.0657 e. The molecule has 0 atom stereocenters. The summed E-state index contributed by atoms with van der Waals surface area (Å²) in [5, 5.41) is 0. The quantitative estimate of drug-likeness (QED) is 0.665. The van der Waals surface area contributed by atoms with Crippen molar-refractivity contribution in [1.29, 1.82) is 0 Å². The zero-order valence-corrected chi connectivity index (χ0v) is 11.5. The van der Waals surface area contributed by atoms with Crippen LogP contribution in [0.4, 0.5) is 0 Å². The minimum Gasteiger partial charge on any atom is -0.372 e. The Bertz CT molecular complexity index is 200. The predicted molar refractivity (Wildman–Crippen MR) is 69.7 cm³/mol. The van der Waals surface area contributed by atoms with Crippen molar-refractivity contribution in [2.24, 2.45) is 0 Å². The van der Waals surface area contributed by atoms with Gasteiger partial charge in [0.1, 0.15) is 0 Å². The molecule has 2 heteroatoms. The average Bonchev–Trinajstić information content (AvgIpc) is 2.06. The van der Waals surface area contributed by atoms with Gasteiger partial charge >= 0.3 is 0 Å². The van der Waals surface area contributed by atoms with Gasteiger partial charge in [0.2, 0.25) is 0 Å². The lowest BCUT2D eigenvalue weighted by molar-refractivity contribution is 0.0142. The van der Waals surface area contributed by atoms with Gasteiger partial charge in [0, 0.05) is 0 Å². The monoisotopic (exact) mass is 226 g/mol. The summed E-state index contributed by atoms with van der Waals surface area (Å²) in [4.78, 5) is 0. The first kappa shape index (κ1) is 15.4. The highest BCUT2D eigenvalue weighted by Crippen LogP contribution is 2.06. The first-order valence-corrected chi connectivity index (χ1v) is 5.80. The SMILES string of the molecule is CC(C)(C)OC/C=C/C=C/COC(C)(C)C. The zero-order valence-electron chi connectivity index (χ0n) is 11.5. The van der Waals surface area contributed by atoms with E-state index in [1.54, 1.807) is 0 Å². The Morgan fingerprint density at radius 3 is 1.25 bits per heavy atom. The van der Waals surface area contributed by atoms with Crippen LogP contribution < -0.4 is 0 Å². The maximum atomic E-state index is 5.54. The number of hydrogen-bond acceptors (Lipinski definition) is 2. The Morgan fingerprint density at radius 2 is 1.00 bits per heavy atom. The molecule has 2 nitrogen and oxygen atoms in total. The molecule has 0 fully saturated rings. The van der Waals surface area contributed by atoms with Gasteiger partial charge in [-0.15, -0.1) is 0 Å². The Morgan fingerprint density at radius 1 is 0.688 bits per heavy atom. The highest BCUT2D eigenvalue weighted by atomic mass is 16.5. The summed E-state index contributed by atoms with van der Waals surface area (Å²) in [7, 11) is 0. The molecule has 0 aliphatic carbocycles. The second-order valence-corrected chi connectivity index (χ2v) is 5.70. The average molecular weight is 226 g/mol. The fourth-order valence-electron chi connectivity index (χ4n) is 0.864. The van der Waals surface area contributed by atoms with Crippen LogP contribution in [-0.2, 0) is 9.47 Å². The van der Waals surface area contributed by atoms with E-state index in [0.717, 1.165) is 0 Å². The van der Waals surface area contributed by atoms with E-state index >= 15 is 0 Å². The first-order valence-electron chi connectivity index (χ1n) is 5.80. The van der Waals surface area contributed by atoms with Gasteiger partial charge in [-0.25, -0.2) is 0 Å². The third kappa shape index (κ3) is 13.4. The molecule has 0 rings (SSSR count). The van der Waals surface area contributed by atoms with Crippen LogP contribution in [0.25, 0.3) is 0 Å². The van der Waals surface area contributed by atoms with Crippen LogP contribution in [0.5, 0.6) is 0 Å². The van der Waals surface area contributed by atoms with Gasteiger partial charge in [-0.1, -0.05) is 24.3 Å². The summed E-state index contributed by atoms with van der Waals surface area (Å²) in [5.74, 6) is 0. The Labute approximate surface area is 100 Å². The normalized spacial score (nSPS) is 14.1. The molecule has 0 bridgehead atoms. The maximum Gasteiger partial charge on any atom is 0.0657 e. The van der Waals surface area contributed by atoms with Gasteiger partial charge in [-0.2, -0.15) is 0 Å². The molecule has 0 unspecified atom stereocenters. The van der Waals surface area contributed by atoms with Crippen LogP contribution in [0.2, 0.25) is 0 Å². The van der Waals surface area contributed by atoms with Gasteiger partial charge in [-0.3, -0.25) is 0 Å². The largest absolute Gasteiger partial charge is 0.372 e. The molecular weight excluding hydrogens is 200 g/mol. The standard InChI is InChI=1S/C14H26O2/c1-13(2,3)15-11-9-7-8-10-12-16-14(4,5)6/h7-10H,11-12H2,1-6H3/b9-7+,10-8+. The predicted octanol–water partition coefficient (Wildman–Crippen LogP) is 3.73. The van der Waals surface area contributed by atoms with Gasteiger partial charge in [0.15, 0.2) is 0 Å². The van der Waals surface area contributed by atoms with Crippen molar-refractivity contribution < 1.29 is 9.47 Å². The van der Waals surface area contributed by atoms with Gasteiger partial charge in [-0.05, 0) is 41.5 Å². The van der Waals surface area contributed by atoms with Crippen LogP contribution in [0.1, 0.15) is 41.5 Å². The van der Waals surface area contributed by atoms with Crippen LogP contribution in [-0.4, -0.2) is 24.4 Å². The summed E-state index contributed by atoms with van der Waals surface area (Å²) in [6, 6.07) is 0.